The number of carbonyl (C=O) groups excluding carboxylic acids is 2. The lowest BCUT2D eigenvalue weighted by Gasteiger charge is -2.60. The molecule has 1 N–H and O–H groups in total. The summed E-state index contributed by atoms with van der Waals surface area (Å²) in [5.74, 6) is 2.67. The van der Waals surface area contributed by atoms with Crippen LogP contribution in [0.25, 0.3) is 0 Å². The Labute approximate surface area is 144 Å². The lowest BCUT2D eigenvalue weighted by Crippen LogP contribution is -2.55. The zero-order chi connectivity index (χ0) is 17.3. The molecule has 6 atom stereocenters. The maximum atomic E-state index is 12.5. The molecule has 0 saturated heterocycles. The summed E-state index contributed by atoms with van der Waals surface area (Å²) in [7, 11) is 0. The van der Waals surface area contributed by atoms with Crippen molar-refractivity contribution in [1.82, 2.24) is 0 Å². The molecule has 0 amide bonds. The van der Waals surface area contributed by atoms with Gasteiger partial charge >= 0.3 is 0 Å². The third-order valence-electron chi connectivity index (χ3n) is 8.49. The molecule has 4 rings (SSSR count). The van der Waals surface area contributed by atoms with E-state index < -0.39 is 0 Å². The third-order valence-corrected chi connectivity index (χ3v) is 8.49. The summed E-state index contributed by atoms with van der Waals surface area (Å²) in [5.41, 5.74) is 1.86. The molecule has 3 fully saturated rings. The van der Waals surface area contributed by atoms with Gasteiger partial charge in [-0.1, -0.05) is 19.4 Å². The van der Waals surface area contributed by atoms with E-state index in [1.54, 1.807) is 0 Å². The molecular weight excluding hydrogens is 300 g/mol. The average Bonchev–Trinajstić information content (AvgIpc) is 2.87. The molecule has 0 heterocycles. The van der Waals surface area contributed by atoms with Gasteiger partial charge in [0.2, 0.25) is 0 Å². The number of Topliss-reactive ketones (excluding diaryl/α,β-unsaturated/α-hetero) is 2. The van der Waals surface area contributed by atoms with Crippen molar-refractivity contribution in [3.8, 4) is 0 Å². The molecule has 3 heteroatoms. The van der Waals surface area contributed by atoms with E-state index in [0.717, 1.165) is 44.1 Å². The van der Waals surface area contributed by atoms with Gasteiger partial charge in [0.1, 0.15) is 5.78 Å². The highest BCUT2D eigenvalue weighted by atomic mass is 16.3. The molecule has 0 aromatic heterocycles. The largest absolute Gasteiger partial charge is 0.395 e. The first-order valence-corrected chi connectivity index (χ1v) is 9.73. The molecule has 0 aliphatic heterocycles. The van der Waals surface area contributed by atoms with Gasteiger partial charge in [-0.3, -0.25) is 9.59 Å². The molecule has 3 saturated carbocycles. The van der Waals surface area contributed by atoms with Crippen LogP contribution in [-0.4, -0.2) is 23.3 Å². The Bertz CT molecular complexity index is 633. The van der Waals surface area contributed by atoms with E-state index in [-0.39, 0.29) is 23.2 Å². The maximum Gasteiger partial charge on any atom is 0.158 e. The molecule has 132 valence electrons. The number of fused-ring (bicyclic) bond motifs is 5. The summed E-state index contributed by atoms with van der Waals surface area (Å²) in [6.45, 7) is 6.65. The molecule has 0 bridgehead atoms. The second-order valence-electron chi connectivity index (χ2n) is 9.23. The van der Waals surface area contributed by atoms with Crippen LogP contribution in [0.3, 0.4) is 0 Å². The molecule has 0 unspecified atom stereocenters. The Morgan fingerprint density at radius 3 is 2.58 bits per heavy atom. The fourth-order valence-electron chi connectivity index (χ4n) is 7.14. The average molecular weight is 330 g/mol. The van der Waals surface area contributed by atoms with Crippen LogP contribution in [0.1, 0.15) is 65.7 Å². The number of aliphatic hydroxyl groups is 1. The summed E-state index contributed by atoms with van der Waals surface area (Å²) in [6.07, 6.45) is 6.07. The van der Waals surface area contributed by atoms with Crippen LogP contribution in [0.5, 0.6) is 0 Å². The minimum Gasteiger partial charge on any atom is -0.395 e. The molecular formula is C21H30O3. The van der Waals surface area contributed by atoms with Crippen molar-refractivity contribution < 1.29 is 14.7 Å². The van der Waals surface area contributed by atoms with Gasteiger partial charge in [-0.2, -0.15) is 0 Å². The predicted molar refractivity (Wildman–Crippen MR) is 92.3 cm³/mol. The number of hydrogen-bond donors (Lipinski definition) is 1. The van der Waals surface area contributed by atoms with Gasteiger partial charge in [-0.25, -0.2) is 0 Å². The molecule has 0 aromatic rings. The third kappa shape index (κ3) is 1.88. The highest BCUT2D eigenvalue weighted by Crippen LogP contribution is 2.66. The minimum absolute atomic E-state index is 0.132. The van der Waals surface area contributed by atoms with Crippen LogP contribution in [-0.2, 0) is 9.59 Å². The summed E-state index contributed by atoms with van der Waals surface area (Å²) < 4.78 is 0. The predicted octanol–water partition coefficient (Wildman–Crippen LogP) is 3.70. The van der Waals surface area contributed by atoms with Crippen LogP contribution in [0.15, 0.2) is 11.1 Å². The molecule has 4 aliphatic carbocycles. The zero-order valence-corrected chi connectivity index (χ0v) is 15.2. The van der Waals surface area contributed by atoms with Gasteiger partial charge in [0.05, 0.1) is 6.61 Å². The van der Waals surface area contributed by atoms with Crippen molar-refractivity contribution >= 4 is 11.6 Å². The minimum atomic E-state index is -0.192. The lowest BCUT2D eigenvalue weighted by atomic mass is 9.44. The van der Waals surface area contributed by atoms with E-state index in [0.29, 0.717) is 35.9 Å². The second-order valence-corrected chi connectivity index (χ2v) is 9.23. The summed E-state index contributed by atoms with van der Waals surface area (Å²) in [4.78, 5) is 24.8. The first kappa shape index (κ1) is 16.5. The standard InChI is InChI=1S/C21H30O3/c1-12-10-16-13(2)17(23)7-9-21(16,11-22)15-6-8-20(3)14(19(12)15)4-5-18(20)24/h12,14-15,19,22H,4-11H2,1-3H3/t12-,14+,15+,19+,20+,21+/m1/s1. The number of hydrogen-bond acceptors (Lipinski definition) is 3. The van der Waals surface area contributed by atoms with Crippen molar-refractivity contribution in [3.63, 3.8) is 0 Å². The number of aliphatic hydroxyl groups excluding tert-OH is 1. The Morgan fingerprint density at radius 2 is 1.88 bits per heavy atom. The van der Waals surface area contributed by atoms with Crippen LogP contribution in [0, 0.1) is 34.5 Å². The zero-order valence-electron chi connectivity index (χ0n) is 15.2. The van der Waals surface area contributed by atoms with E-state index in [1.807, 2.05) is 6.92 Å². The number of ketones is 2. The van der Waals surface area contributed by atoms with Crippen molar-refractivity contribution in [2.24, 2.45) is 34.5 Å². The molecule has 4 aliphatic rings. The Kier molecular flexibility index (Phi) is 3.62. The normalized spacial score (nSPS) is 48.2. The van der Waals surface area contributed by atoms with Gasteiger partial charge in [-0.05, 0) is 68.3 Å². The number of carbonyl (C=O) groups is 2. The highest BCUT2D eigenvalue weighted by molar-refractivity contribution is 5.97. The monoisotopic (exact) mass is 330 g/mol. The lowest BCUT2D eigenvalue weighted by molar-refractivity contribution is -0.137. The SMILES string of the molecule is CC1=C2C[C@@H](C)[C@@H]3[C@H](CC[C@]4(C)C(=O)CC[C@@H]34)[C@@]2(CO)CCC1=O. The summed E-state index contributed by atoms with van der Waals surface area (Å²) in [6, 6.07) is 0. The Balaban J connectivity index is 1.81. The van der Waals surface area contributed by atoms with Crippen LogP contribution in [0.4, 0.5) is 0 Å². The topological polar surface area (TPSA) is 54.4 Å². The summed E-state index contributed by atoms with van der Waals surface area (Å²) >= 11 is 0. The van der Waals surface area contributed by atoms with Crippen LogP contribution in [0.2, 0.25) is 0 Å². The quantitative estimate of drug-likeness (QED) is 0.797. The fourth-order valence-corrected chi connectivity index (χ4v) is 7.14. The maximum absolute atomic E-state index is 12.5. The van der Waals surface area contributed by atoms with Crippen molar-refractivity contribution in [1.29, 1.82) is 0 Å². The van der Waals surface area contributed by atoms with Crippen LogP contribution < -0.4 is 0 Å². The van der Waals surface area contributed by atoms with Crippen molar-refractivity contribution in [2.75, 3.05) is 6.61 Å². The number of rotatable bonds is 1. The Morgan fingerprint density at radius 1 is 1.12 bits per heavy atom. The summed E-state index contributed by atoms with van der Waals surface area (Å²) in [5, 5.41) is 10.5. The highest BCUT2D eigenvalue weighted by Gasteiger charge is 2.62. The van der Waals surface area contributed by atoms with Crippen molar-refractivity contribution in [2.45, 2.75) is 65.7 Å². The molecule has 3 nitrogen and oxygen atoms in total. The van der Waals surface area contributed by atoms with Gasteiger partial charge in [0, 0.05) is 23.7 Å². The van der Waals surface area contributed by atoms with E-state index in [2.05, 4.69) is 13.8 Å². The molecule has 0 aromatic carbocycles. The van der Waals surface area contributed by atoms with E-state index in [9.17, 15) is 14.7 Å². The first-order chi connectivity index (χ1) is 11.3. The van der Waals surface area contributed by atoms with Gasteiger partial charge in [-0.15, -0.1) is 0 Å². The molecule has 0 radical (unpaired) electrons. The Hall–Kier alpha value is -0.960. The first-order valence-electron chi connectivity index (χ1n) is 9.73. The van der Waals surface area contributed by atoms with E-state index in [1.165, 1.54) is 5.57 Å². The molecule has 0 spiro atoms. The van der Waals surface area contributed by atoms with Gasteiger partial charge < -0.3 is 5.11 Å². The van der Waals surface area contributed by atoms with Gasteiger partial charge in [0.25, 0.3) is 0 Å². The smallest absolute Gasteiger partial charge is 0.158 e. The van der Waals surface area contributed by atoms with Gasteiger partial charge in [0.15, 0.2) is 5.78 Å². The molecule has 24 heavy (non-hydrogen) atoms. The fraction of sp³-hybridized carbons (Fsp3) is 0.810. The second kappa shape index (κ2) is 5.27. The van der Waals surface area contributed by atoms with Crippen LogP contribution >= 0.6 is 0 Å². The van der Waals surface area contributed by atoms with E-state index >= 15 is 0 Å². The van der Waals surface area contributed by atoms with E-state index in [4.69, 9.17) is 0 Å². The van der Waals surface area contributed by atoms with Crippen molar-refractivity contribution in [3.05, 3.63) is 11.1 Å².